The summed E-state index contributed by atoms with van der Waals surface area (Å²) in [5, 5.41) is 4.84. The summed E-state index contributed by atoms with van der Waals surface area (Å²) in [6.07, 6.45) is 8.22. The van der Waals surface area contributed by atoms with Crippen LogP contribution in [0.3, 0.4) is 0 Å². The van der Waals surface area contributed by atoms with Gasteiger partial charge in [0.15, 0.2) is 0 Å². The lowest BCUT2D eigenvalue weighted by Gasteiger charge is -2.57. The summed E-state index contributed by atoms with van der Waals surface area (Å²) in [5.74, 6) is 3.01. The van der Waals surface area contributed by atoms with Crippen LogP contribution in [0.15, 0.2) is 10.6 Å². The number of hydrogen-bond acceptors (Lipinski definition) is 4. The molecular weight excluding hydrogens is 350 g/mol. The summed E-state index contributed by atoms with van der Waals surface area (Å²) in [6, 6.07) is 1.95. The van der Waals surface area contributed by atoms with Crippen molar-refractivity contribution in [1.29, 1.82) is 0 Å². The van der Waals surface area contributed by atoms with Gasteiger partial charge in [-0.25, -0.2) is 4.98 Å². The van der Waals surface area contributed by atoms with Gasteiger partial charge in [-0.05, 0) is 80.6 Å². The number of carbonyl (C=O) groups excluding carboxylic acids is 1. The second kappa shape index (κ2) is 6.30. The number of pyridine rings is 1. The molecule has 0 atom stereocenters. The number of aromatic nitrogens is 2. The van der Waals surface area contributed by atoms with Crippen LogP contribution in [-0.2, 0) is 0 Å². The number of rotatable bonds is 4. The van der Waals surface area contributed by atoms with Crippen LogP contribution in [0.25, 0.3) is 11.1 Å². The number of hydrogen-bond donors (Lipinski definition) is 0. The van der Waals surface area contributed by atoms with Gasteiger partial charge in [0.05, 0.1) is 16.6 Å². The van der Waals surface area contributed by atoms with Crippen LogP contribution in [0, 0.1) is 30.1 Å². The predicted molar refractivity (Wildman–Crippen MR) is 108 cm³/mol. The highest BCUT2D eigenvalue weighted by Crippen LogP contribution is 2.60. The summed E-state index contributed by atoms with van der Waals surface area (Å²) < 4.78 is 5.41. The normalized spacial score (nSPS) is 31.1. The van der Waals surface area contributed by atoms with E-state index in [0.29, 0.717) is 16.7 Å². The fourth-order valence-electron chi connectivity index (χ4n) is 6.84. The molecule has 4 fully saturated rings. The van der Waals surface area contributed by atoms with Gasteiger partial charge in [0, 0.05) is 19.3 Å². The van der Waals surface area contributed by atoms with Crippen molar-refractivity contribution in [2.24, 2.45) is 23.2 Å². The first-order valence-electron chi connectivity index (χ1n) is 10.9. The number of nitrogens with zero attached hydrogens (tertiary/aromatic N) is 3. The molecule has 2 heterocycles. The van der Waals surface area contributed by atoms with Crippen molar-refractivity contribution in [2.75, 3.05) is 13.6 Å². The van der Waals surface area contributed by atoms with Crippen LogP contribution < -0.4 is 0 Å². The smallest absolute Gasteiger partial charge is 0.259 e. The Hall–Kier alpha value is -1.91. The maximum atomic E-state index is 13.5. The minimum absolute atomic E-state index is 0.0799. The van der Waals surface area contributed by atoms with Gasteiger partial charge in [0.25, 0.3) is 11.6 Å². The van der Waals surface area contributed by atoms with E-state index < -0.39 is 0 Å². The molecule has 0 N–H and O–H groups in total. The standard InChI is InChI=1S/C23H31N3O2/c1-13(2)19-8-18(20-14(3)25-28-21(20)24-19)22(27)26(4)12-23-9-15-5-16(10-23)7-17(6-15)11-23/h8,13,15-17H,5-7,9-12H2,1-4H3. The highest BCUT2D eigenvalue weighted by Gasteiger charge is 2.51. The Bertz CT molecular complexity index is 894. The molecule has 0 unspecified atom stereocenters. The number of carbonyl (C=O) groups is 1. The molecule has 1 amide bonds. The highest BCUT2D eigenvalue weighted by atomic mass is 16.5. The van der Waals surface area contributed by atoms with E-state index in [9.17, 15) is 4.79 Å². The molecule has 0 aliphatic heterocycles. The fraction of sp³-hybridized carbons (Fsp3) is 0.696. The second-order valence-electron chi connectivity index (χ2n) is 10.3. The summed E-state index contributed by atoms with van der Waals surface area (Å²) in [4.78, 5) is 20.1. The van der Waals surface area contributed by atoms with Crippen molar-refractivity contribution in [1.82, 2.24) is 15.0 Å². The number of amides is 1. The molecule has 4 saturated carbocycles. The topological polar surface area (TPSA) is 59.2 Å². The molecule has 28 heavy (non-hydrogen) atoms. The first-order valence-corrected chi connectivity index (χ1v) is 10.9. The van der Waals surface area contributed by atoms with E-state index in [0.717, 1.165) is 41.1 Å². The molecule has 4 aliphatic rings. The molecule has 0 spiro atoms. The summed E-state index contributed by atoms with van der Waals surface area (Å²) in [6.45, 7) is 6.94. The lowest BCUT2D eigenvalue weighted by Crippen LogP contribution is -2.51. The van der Waals surface area contributed by atoms with Gasteiger partial charge in [-0.3, -0.25) is 4.79 Å². The monoisotopic (exact) mass is 381 g/mol. The van der Waals surface area contributed by atoms with Crippen LogP contribution in [0.4, 0.5) is 0 Å². The number of aryl methyl sites for hydroxylation is 1. The largest absolute Gasteiger partial charge is 0.341 e. The van der Waals surface area contributed by atoms with Crippen LogP contribution in [0.1, 0.15) is 80.0 Å². The van der Waals surface area contributed by atoms with Gasteiger partial charge < -0.3 is 9.42 Å². The molecule has 5 nitrogen and oxygen atoms in total. The Morgan fingerprint density at radius 3 is 2.39 bits per heavy atom. The van der Waals surface area contributed by atoms with Crippen molar-refractivity contribution < 1.29 is 9.32 Å². The van der Waals surface area contributed by atoms with Crippen molar-refractivity contribution in [3.63, 3.8) is 0 Å². The van der Waals surface area contributed by atoms with E-state index in [1.54, 1.807) is 0 Å². The fourth-order valence-corrected chi connectivity index (χ4v) is 6.84. The van der Waals surface area contributed by atoms with Crippen LogP contribution in [0.5, 0.6) is 0 Å². The second-order valence-corrected chi connectivity index (χ2v) is 10.3. The van der Waals surface area contributed by atoms with E-state index in [1.807, 2.05) is 24.9 Å². The Labute approximate surface area is 166 Å². The molecule has 0 aromatic carbocycles. The summed E-state index contributed by atoms with van der Waals surface area (Å²) >= 11 is 0. The zero-order valence-electron chi connectivity index (χ0n) is 17.5. The predicted octanol–water partition coefficient (Wildman–Crippen LogP) is 4.94. The van der Waals surface area contributed by atoms with E-state index >= 15 is 0 Å². The van der Waals surface area contributed by atoms with Gasteiger partial charge in [0.2, 0.25) is 0 Å². The SMILES string of the molecule is Cc1noc2nc(C(C)C)cc(C(=O)N(C)CC34CC5CC(CC(C5)C3)C4)c12. The zero-order valence-corrected chi connectivity index (χ0v) is 17.5. The van der Waals surface area contributed by atoms with Gasteiger partial charge in [-0.15, -0.1) is 0 Å². The first-order chi connectivity index (χ1) is 13.3. The molecule has 2 aromatic heterocycles. The van der Waals surface area contributed by atoms with E-state index in [2.05, 4.69) is 24.0 Å². The van der Waals surface area contributed by atoms with Crippen LogP contribution in [-0.4, -0.2) is 34.5 Å². The molecular formula is C23H31N3O2. The van der Waals surface area contributed by atoms with Gasteiger partial charge in [-0.1, -0.05) is 19.0 Å². The molecule has 0 saturated heterocycles. The molecule has 2 aromatic rings. The number of fused-ring (bicyclic) bond motifs is 1. The van der Waals surface area contributed by atoms with Crippen LogP contribution in [0.2, 0.25) is 0 Å². The maximum Gasteiger partial charge on any atom is 0.259 e. The third kappa shape index (κ3) is 2.85. The molecule has 6 rings (SSSR count). The summed E-state index contributed by atoms with van der Waals surface area (Å²) in [5.41, 5.74) is 3.14. The minimum Gasteiger partial charge on any atom is -0.341 e. The van der Waals surface area contributed by atoms with E-state index in [-0.39, 0.29) is 11.8 Å². The molecule has 0 radical (unpaired) electrons. The van der Waals surface area contributed by atoms with Crippen molar-refractivity contribution in [2.45, 2.75) is 65.2 Å². The van der Waals surface area contributed by atoms with Crippen LogP contribution >= 0.6 is 0 Å². The summed E-state index contributed by atoms with van der Waals surface area (Å²) in [7, 11) is 1.98. The lowest BCUT2D eigenvalue weighted by molar-refractivity contribution is -0.0628. The van der Waals surface area contributed by atoms with Crippen molar-refractivity contribution in [3.8, 4) is 0 Å². The van der Waals surface area contributed by atoms with Gasteiger partial charge in [-0.2, -0.15) is 0 Å². The van der Waals surface area contributed by atoms with E-state index in [4.69, 9.17) is 4.52 Å². The zero-order chi connectivity index (χ0) is 19.6. The van der Waals surface area contributed by atoms with Gasteiger partial charge >= 0.3 is 0 Å². The maximum absolute atomic E-state index is 13.5. The lowest BCUT2D eigenvalue weighted by atomic mass is 9.49. The van der Waals surface area contributed by atoms with E-state index in [1.165, 1.54) is 38.5 Å². The Kier molecular flexibility index (Phi) is 4.08. The average molecular weight is 382 g/mol. The van der Waals surface area contributed by atoms with Crippen molar-refractivity contribution in [3.05, 3.63) is 23.0 Å². The van der Waals surface area contributed by atoms with Crippen molar-refractivity contribution >= 4 is 17.0 Å². The average Bonchev–Trinajstić information content (AvgIpc) is 3.00. The molecule has 150 valence electrons. The first kappa shape index (κ1) is 18.1. The third-order valence-electron chi connectivity index (χ3n) is 7.54. The third-order valence-corrected chi connectivity index (χ3v) is 7.54. The quantitative estimate of drug-likeness (QED) is 0.752. The van der Waals surface area contributed by atoms with Gasteiger partial charge in [0.1, 0.15) is 0 Å². The Morgan fingerprint density at radius 2 is 1.82 bits per heavy atom. The Balaban J connectivity index is 1.45. The molecule has 5 heteroatoms. The highest BCUT2D eigenvalue weighted by molar-refractivity contribution is 6.06. The Morgan fingerprint density at radius 1 is 1.21 bits per heavy atom. The molecule has 4 aliphatic carbocycles. The minimum atomic E-state index is 0.0799. The molecule has 4 bridgehead atoms.